The number of carbonyl (C=O) groups is 2. The Morgan fingerprint density at radius 2 is 2.25 bits per heavy atom. The first-order valence-electron chi connectivity index (χ1n) is 3.35. The fourth-order valence-electron chi connectivity index (χ4n) is 0.348. The minimum Gasteiger partial charge on any atom is -0.480 e. The van der Waals surface area contributed by atoms with Gasteiger partial charge in [-0.05, 0) is 0 Å². The predicted molar refractivity (Wildman–Crippen MR) is 51.2 cm³/mol. The molecule has 1 atom stereocenters. The molecule has 0 aliphatic rings. The molecule has 6 heteroatoms. The van der Waals surface area contributed by atoms with E-state index in [1.54, 1.807) is 0 Å². The Labute approximate surface area is 78.7 Å². The van der Waals surface area contributed by atoms with Gasteiger partial charge in [0.05, 0.1) is 0 Å². The fraction of sp³-hybridized carbons (Fsp3) is 0.667. The first-order valence-corrected chi connectivity index (χ1v) is 5.83. The number of carboxylic acid groups (broad SMARTS) is 1. The quantitative estimate of drug-likeness (QED) is 0.358. The van der Waals surface area contributed by atoms with Gasteiger partial charge < -0.3 is 15.6 Å². The summed E-state index contributed by atoms with van der Waals surface area (Å²) in [6, 6.07) is -0.807. The molecular weight excluding hydrogens is 198 g/mol. The van der Waals surface area contributed by atoms with Gasteiger partial charge in [-0.3, -0.25) is 4.79 Å². The largest absolute Gasteiger partial charge is 0.480 e. The van der Waals surface area contributed by atoms with E-state index in [2.05, 4.69) is 0 Å². The van der Waals surface area contributed by atoms with Crippen molar-refractivity contribution in [1.82, 2.24) is 0 Å². The van der Waals surface area contributed by atoms with Gasteiger partial charge in [0.25, 0.3) is 0 Å². The van der Waals surface area contributed by atoms with Crippen molar-refractivity contribution < 1.29 is 14.7 Å². The van der Waals surface area contributed by atoms with Crippen LogP contribution in [0, 0.1) is 0 Å². The van der Waals surface area contributed by atoms with E-state index in [0.29, 0.717) is 17.9 Å². The fourth-order valence-corrected chi connectivity index (χ4v) is 2.41. The van der Waals surface area contributed by atoms with Crippen molar-refractivity contribution in [1.29, 1.82) is 0 Å². The molecule has 0 fully saturated rings. The van der Waals surface area contributed by atoms with Crippen LogP contribution < -0.4 is 5.73 Å². The first kappa shape index (κ1) is 11.8. The van der Waals surface area contributed by atoms with Gasteiger partial charge in [0.2, 0.25) is 0 Å². The van der Waals surface area contributed by atoms with Crippen LogP contribution in [0.1, 0.15) is 6.42 Å². The van der Waals surface area contributed by atoms with Gasteiger partial charge in [0.1, 0.15) is 12.3 Å². The van der Waals surface area contributed by atoms with Crippen molar-refractivity contribution >= 4 is 33.8 Å². The van der Waals surface area contributed by atoms with Crippen molar-refractivity contribution in [2.45, 2.75) is 12.5 Å². The van der Waals surface area contributed by atoms with Gasteiger partial charge >= 0.3 is 5.97 Å². The normalized spacial score (nSPS) is 12.4. The molecule has 0 saturated heterocycles. The number of aldehydes is 1. The molecule has 0 radical (unpaired) electrons. The lowest BCUT2D eigenvalue weighted by Gasteiger charge is -2.03. The van der Waals surface area contributed by atoms with Crippen LogP contribution in [-0.2, 0) is 9.59 Å². The van der Waals surface area contributed by atoms with E-state index in [0.717, 1.165) is 6.29 Å². The predicted octanol–water partition coefficient (Wildman–Crippen LogP) is 0.369. The lowest BCUT2D eigenvalue weighted by atomic mass is 10.4. The van der Waals surface area contributed by atoms with E-state index < -0.39 is 12.0 Å². The molecule has 70 valence electrons. The summed E-state index contributed by atoms with van der Waals surface area (Å²) in [7, 11) is 2.85. The maximum Gasteiger partial charge on any atom is 0.321 e. The topological polar surface area (TPSA) is 80.4 Å². The highest BCUT2D eigenvalue weighted by molar-refractivity contribution is 8.76. The van der Waals surface area contributed by atoms with E-state index in [4.69, 9.17) is 10.8 Å². The molecule has 1 unspecified atom stereocenters. The molecule has 0 rings (SSSR count). The summed E-state index contributed by atoms with van der Waals surface area (Å²) in [5.41, 5.74) is 5.23. The molecule has 0 saturated carbocycles. The highest BCUT2D eigenvalue weighted by Gasteiger charge is 2.10. The highest BCUT2D eigenvalue weighted by atomic mass is 33.1. The van der Waals surface area contributed by atoms with Crippen LogP contribution in [0.2, 0.25) is 0 Å². The van der Waals surface area contributed by atoms with E-state index >= 15 is 0 Å². The van der Waals surface area contributed by atoms with Crippen molar-refractivity contribution in [3.8, 4) is 0 Å². The average Bonchev–Trinajstić information content (AvgIpc) is 2.03. The Hall–Kier alpha value is -0.200. The Kier molecular flexibility index (Phi) is 7.33. The second-order valence-electron chi connectivity index (χ2n) is 2.01. The van der Waals surface area contributed by atoms with Crippen molar-refractivity contribution in [2.75, 3.05) is 11.5 Å². The van der Waals surface area contributed by atoms with Crippen LogP contribution in [0.4, 0.5) is 0 Å². The van der Waals surface area contributed by atoms with Crippen LogP contribution >= 0.6 is 21.6 Å². The van der Waals surface area contributed by atoms with Crippen molar-refractivity contribution in [3.05, 3.63) is 0 Å². The summed E-state index contributed by atoms with van der Waals surface area (Å²) in [6.45, 7) is 0. The summed E-state index contributed by atoms with van der Waals surface area (Å²) >= 11 is 0. The summed E-state index contributed by atoms with van der Waals surface area (Å²) in [6.07, 6.45) is 1.34. The molecule has 0 amide bonds. The maximum absolute atomic E-state index is 10.2. The lowest BCUT2D eigenvalue weighted by molar-refractivity contribution is -0.137. The van der Waals surface area contributed by atoms with Crippen molar-refractivity contribution in [3.63, 3.8) is 0 Å². The van der Waals surface area contributed by atoms with Crippen LogP contribution in [0.25, 0.3) is 0 Å². The second-order valence-corrected chi connectivity index (χ2v) is 4.63. The van der Waals surface area contributed by atoms with Gasteiger partial charge in [-0.15, -0.1) is 0 Å². The molecule has 0 aromatic rings. The number of hydrogen-bond acceptors (Lipinski definition) is 5. The summed E-state index contributed by atoms with van der Waals surface area (Å²) in [5.74, 6) is 0.0952. The molecule has 0 spiro atoms. The van der Waals surface area contributed by atoms with Crippen molar-refractivity contribution in [2.24, 2.45) is 5.73 Å². The summed E-state index contributed by atoms with van der Waals surface area (Å²) in [4.78, 5) is 20.1. The average molecular weight is 209 g/mol. The van der Waals surface area contributed by atoms with Gasteiger partial charge in [0, 0.05) is 17.9 Å². The van der Waals surface area contributed by atoms with Crippen LogP contribution in [0.5, 0.6) is 0 Å². The standard InChI is InChI=1S/C6H11NO3S2/c7-5(6(9)10)4-12-11-3-1-2-8/h2,5H,1,3-4,7H2,(H,9,10). The molecule has 3 N–H and O–H groups in total. The zero-order valence-electron chi connectivity index (χ0n) is 6.43. The lowest BCUT2D eigenvalue weighted by Crippen LogP contribution is -2.32. The Bertz CT molecular complexity index is 154. The van der Waals surface area contributed by atoms with Crippen LogP contribution in [-0.4, -0.2) is 34.9 Å². The molecule has 0 aliphatic heterocycles. The minimum atomic E-state index is -0.988. The van der Waals surface area contributed by atoms with E-state index in [-0.39, 0.29) is 0 Å². The Balaban J connectivity index is 3.19. The van der Waals surface area contributed by atoms with E-state index in [9.17, 15) is 9.59 Å². The molecule has 0 aromatic carbocycles. The van der Waals surface area contributed by atoms with Crippen LogP contribution in [0.3, 0.4) is 0 Å². The molecule has 0 aromatic heterocycles. The number of carboxylic acids is 1. The van der Waals surface area contributed by atoms with Gasteiger partial charge in [-0.1, -0.05) is 21.6 Å². The maximum atomic E-state index is 10.2. The van der Waals surface area contributed by atoms with Gasteiger partial charge in [-0.2, -0.15) is 0 Å². The number of aliphatic carboxylic acids is 1. The minimum absolute atomic E-state index is 0.374. The monoisotopic (exact) mass is 209 g/mol. The molecular formula is C6H11NO3S2. The first-order chi connectivity index (χ1) is 5.68. The number of carbonyl (C=O) groups excluding carboxylic acids is 1. The SMILES string of the molecule is NC(CSSCCC=O)C(=O)O. The third-order valence-electron chi connectivity index (χ3n) is 0.967. The zero-order valence-corrected chi connectivity index (χ0v) is 8.07. The molecule has 12 heavy (non-hydrogen) atoms. The van der Waals surface area contributed by atoms with Gasteiger partial charge in [-0.25, -0.2) is 0 Å². The molecule has 0 heterocycles. The number of hydrogen-bond donors (Lipinski definition) is 2. The molecule has 0 bridgehead atoms. The van der Waals surface area contributed by atoms with Crippen LogP contribution in [0.15, 0.2) is 0 Å². The molecule has 4 nitrogen and oxygen atoms in total. The Morgan fingerprint density at radius 1 is 1.58 bits per heavy atom. The highest BCUT2D eigenvalue weighted by Crippen LogP contribution is 2.21. The summed E-state index contributed by atoms with van der Waals surface area (Å²) in [5, 5.41) is 8.38. The third-order valence-corrected chi connectivity index (χ3v) is 3.44. The third kappa shape index (κ3) is 6.51. The smallest absolute Gasteiger partial charge is 0.321 e. The number of rotatable bonds is 7. The molecule has 0 aliphatic carbocycles. The Morgan fingerprint density at radius 3 is 2.75 bits per heavy atom. The van der Waals surface area contributed by atoms with Gasteiger partial charge in [0.15, 0.2) is 0 Å². The second kappa shape index (κ2) is 7.45. The zero-order chi connectivity index (χ0) is 9.40. The van der Waals surface area contributed by atoms with E-state index in [1.165, 1.54) is 21.6 Å². The summed E-state index contributed by atoms with van der Waals surface area (Å²) < 4.78 is 0. The number of nitrogens with two attached hydrogens (primary N) is 1. The van der Waals surface area contributed by atoms with E-state index in [1.807, 2.05) is 0 Å².